The molecular weight excluding hydrogens is 284 g/mol. The lowest BCUT2D eigenvalue weighted by atomic mass is 9.88. The van der Waals surface area contributed by atoms with Gasteiger partial charge in [0.05, 0.1) is 5.92 Å². The van der Waals surface area contributed by atoms with Crippen molar-refractivity contribution in [3.8, 4) is 0 Å². The zero-order chi connectivity index (χ0) is 15.0. The predicted molar refractivity (Wildman–Crippen MR) is 83.8 cm³/mol. The summed E-state index contributed by atoms with van der Waals surface area (Å²) in [5, 5.41) is 12.2. The average Bonchev–Trinajstić information content (AvgIpc) is 3.10. The summed E-state index contributed by atoms with van der Waals surface area (Å²) in [6.07, 6.45) is 2.28. The zero-order valence-corrected chi connectivity index (χ0v) is 12.7. The lowest BCUT2D eigenvalue weighted by molar-refractivity contribution is -0.142. The molecule has 4 heteroatoms. The van der Waals surface area contributed by atoms with Crippen molar-refractivity contribution in [1.29, 1.82) is 0 Å². The summed E-state index contributed by atoms with van der Waals surface area (Å²) in [7, 11) is 0. The van der Waals surface area contributed by atoms with Crippen LogP contribution in [0.15, 0.2) is 29.6 Å². The molecule has 0 spiro atoms. The van der Waals surface area contributed by atoms with Crippen LogP contribution in [0.3, 0.4) is 0 Å². The number of carbonyl (C=O) groups excluding carboxylic acids is 1. The Hall–Kier alpha value is -1.68. The summed E-state index contributed by atoms with van der Waals surface area (Å²) in [5.74, 6) is -1.36. The number of carbonyl (C=O) groups is 2. The summed E-state index contributed by atoms with van der Waals surface area (Å²) >= 11 is 1.55. The van der Waals surface area contributed by atoms with Crippen molar-refractivity contribution in [2.75, 3.05) is 0 Å². The number of Topliss-reactive ketones (excluding diaryl/α,β-unsaturated/α-hetero) is 1. The SMILES string of the molecule is CCC1CC(C(=O)O)C(C(=O)c2csc3ccccc23)C1. The van der Waals surface area contributed by atoms with Crippen LogP contribution in [0.1, 0.15) is 36.5 Å². The summed E-state index contributed by atoms with van der Waals surface area (Å²) in [6, 6.07) is 7.82. The Labute approximate surface area is 127 Å². The second-order valence-corrected chi connectivity index (χ2v) is 6.72. The number of thiophene rings is 1. The van der Waals surface area contributed by atoms with Gasteiger partial charge in [-0.15, -0.1) is 11.3 Å². The van der Waals surface area contributed by atoms with Gasteiger partial charge in [-0.3, -0.25) is 9.59 Å². The van der Waals surface area contributed by atoms with Crippen LogP contribution in [0.25, 0.3) is 10.1 Å². The molecule has 3 atom stereocenters. The van der Waals surface area contributed by atoms with Gasteiger partial charge in [0, 0.05) is 26.9 Å². The Morgan fingerprint density at radius 2 is 1.95 bits per heavy atom. The first kappa shape index (κ1) is 14.3. The highest BCUT2D eigenvalue weighted by atomic mass is 32.1. The molecule has 3 rings (SSSR count). The number of carboxylic acid groups (broad SMARTS) is 1. The van der Waals surface area contributed by atoms with Gasteiger partial charge in [-0.25, -0.2) is 0 Å². The lowest BCUT2D eigenvalue weighted by Crippen LogP contribution is -2.25. The van der Waals surface area contributed by atoms with Gasteiger partial charge >= 0.3 is 5.97 Å². The number of aliphatic carboxylic acids is 1. The Morgan fingerprint density at radius 1 is 1.24 bits per heavy atom. The Kier molecular flexibility index (Phi) is 3.81. The van der Waals surface area contributed by atoms with E-state index in [4.69, 9.17) is 0 Å². The predicted octanol–water partition coefficient (Wildman–Crippen LogP) is 4.22. The van der Waals surface area contributed by atoms with Gasteiger partial charge in [0.15, 0.2) is 5.78 Å². The molecule has 0 aliphatic heterocycles. The van der Waals surface area contributed by atoms with Crippen molar-refractivity contribution in [2.45, 2.75) is 26.2 Å². The summed E-state index contributed by atoms with van der Waals surface area (Å²) in [5.41, 5.74) is 0.698. The van der Waals surface area contributed by atoms with E-state index < -0.39 is 11.9 Å². The van der Waals surface area contributed by atoms with E-state index in [9.17, 15) is 14.7 Å². The molecule has 1 aliphatic rings. The van der Waals surface area contributed by atoms with Crippen molar-refractivity contribution in [3.05, 3.63) is 35.2 Å². The maximum atomic E-state index is 12.8. The minimum absolute atomic E-state index is 0.0100. The molecule has 1 heterocycles. The molecule has 110 valence electrons. The maximum absolute atomic E-state index is 12.8. The number of hydrogen-bond acceptors (Lipinski definition) is 3. The molecular formula is C17H18O3S. The molecule has 1 saturated carbocycles. The molecule has 21 heavy (non-hydrogen) atoms. The molecule has 1 aromatic heterocycles. The van der Waals surface area contributed by atoms with Crippen LogP contribution in [0.2, 0.25) is 0 Å². The number of benzene rings is 1. The van der Waals surface area contributed by atoms with Crippen LogP contribution in [-0.4, -0.2) is 16.9 Å². The molecule has 0 amide bonds. The van der Waals surface area contributed by atoms with Crippen LogP contribution in [-0.2, 0) is 4.79 Å². The van der Waals surface area contributed by atoms with E-state index in [0.717, 1.165) is 16.5 Å². The van der Waals surface area contributed by atoms with E-state index >= 15 is 0 Å². The largest absolute Gasteiger partial charge is 0.481 e. The van der Waals surface area contributed by atoms with E-state index in [2.05, 4.69) is 6.92 Å². The molecule has 2 aromatic rings. The molecule has 0 radical (unpaired) electrons. The standard InChI is InChI=1S/C17H18O3S/c1-2-10-7-12(13(8-10)17(19)20)16(18)14-9-21-15-6-4-3-5-11(14)15/h3-6,9-10,12-13H,2,7-8H2,1H3,(H,19,20). The highest BCUT2D eigenvalue weighted by molar-refractivity contribution is 7.17. The fourth-order valence-electron chi connectivity index (χ4n) is 3.41. The fraction of sp³-hybridized carbons (Fsp3) is 0.412. The monoisotopic (exact) mass is 302 g/mol. The topological polar surface area (TPSA) is 54.4 Å². The van der Waals surface area contributed by atoms with Crippen LogP contribution in [0.4, 0.5) is 0 Å². The van der Waals surface area contributed by atoms with Gasteiger partial charge in [0.1, 0.15) is 0 Å². The minimum Gasteiger partial charge on any atom is -0.481 e. The zero-order valence-electron chi connectivity index (χ0n) is 11.9. The molecule has 1 aliphatic carbocycles. The van der Waals surface area contributed by atoms with E-state index in [1.807, 2.05) is 29.6 Å². The van der Waals surface area contributed by atoms with E-state index in [-0.39, 0.29) is 11.7 Å². The second kappa shape index (κ2) is 5.60. The van der Waals surface area contributed by atoms with Gasteiger partial charge in [-0.1, -0.05) is 31.5 Å². The molecule has 3 nitrogen and oxygen atoms in total. The maximum Gasteiger partial charge on any atom is 0.307 e. The van der Waals surface area contributed by atoms with Crippen LogP contribution in [0, 0.1) is 17.8 Å². The summed E-state index contributed by atoms with van der Waals surface area (Å²) in [6.45, 7) is 2.07. The quantitative estimate of drug-likeness (QED) is 0.860. The highest BCUT2D eigenvalue weighted by Crippen LogP contribution is 2.41. The van der Waals surface area contributed by atoms with Gasteiger partial charge < -0.3 is 5.11 Å². The van der Waals surface area contributed by atoms with Crippen molar-refractivity contribution in [2.24, 2.45) is 17.8 Å². The van der Waals surface area contributed by atoms with E-state index in [1.54, 1.807) is 11.3 Å². The van der Waals surface area contributed by atoms with Gasteiger partial charge in [-0.2, -0.15) is 0 Å². The normalized spacial score (nSPS) is 25.3. The molecule has 1 N–H and O–H groups in total. The summed E-state index contributed by atoms with van der Waals surface area (Å²) < 4.78 is 1.08. The number of hydrogen-bond donors (Lipinski definition) is 1. The van der Waals surface area contributed by atoms with Crippen LogP contribution in [0.5, 0.6) is 0 Å². The van der Waals surface area contributed by atoms with Crippen LogP contribution < -0.4 is 0 Å². The molecule has 0 saturated heterocycles. The number of ketones is 1. The first-order chi connectivity index (χ1) is 10.1. The van der Waals surface area contributed by atoms with E-state index in [1.165, 1.54) is 0 Å². The Bertz CT molecular complexity index is 688. The Balaban J connectivity index is 1.95. The van der Waals surface area contributed by atoms with Gasteiger partial charge in [-0.05, 0) is 24.8 Å². The second-order valence-electron chi connectivity index (χ2n) is 5.81. The fourth-order valence-corrected chi connectivity index (χ4v) is 4.36. The number of fused-ring (bicyclic) bond motifs is 1. The van der Waals surface area contributed by atoms with Crippen molar-refractivity contribution in [1.82, 2.24) is 0 Å². The van der Waals surface area contributed by atoms with Crippen molar-refractivity contribution >= 4 is 33.2 Å². The first-order valence-corrected chi connectivity index (χ1v) is 8.23. The first-order valence-electron chi connectivity index (χ1n) is 7.35. The van der Waals surface area contributed by atoms with Gasteiger partial charge in [0.2, 0.25) is 0 Å². The van der Waals surface area contributed by atoms with E-state index in [0.29, 0.717) is 24.3 Å². The number of rotatable bonds is 4. The molecule has 0 bridgehead atoms. The number of carboxylic acids is 1. The molecule has 1 aromatic carbocycles. The van der Waals surface area contributed by atoms with Crippen molar-refractivity contribution < 1.29 is 14.7 Å². The Morgan fingerprint density at radius 3 is 2.67 bits per heavy atom. The van der Waals surface area contributed by atoms with Gasteiger partial charge in [0.25, 0.3) is 0 Å². The third kappa shape index (κ3) is 2.48. The third-order valence-corrected chi connectivity index (χ3v) is 5.60. The lowest BCUT2D eigenvalue weighted by Gasteiger charge is -2.13. The molecule has 3 unspecified atom stereocenters. The third-order valence-electron chi connectivity index (χ3n) is 4.64. The summed E-state index contributed by atoms with van der Waals surface area (Å²) in [4.78, 5) is 24.3. The molecule has 1 fully saturated rings. The van der Waals surface area contributed by atoms with Crippen molar-refractivity contribution in [3.63, 3.8) is 0 Å². The smallest absolute Gasteiger partial charge is 0.307 e. The van der Waals surface area contributed by atoms with Crippen LogP contribution >= 0.6 is 11.3 Å². The highest BCUT2D eigenvalue weighted by Gasteiger charge is 2.42. The average molecular weight is 302 g/mol. The minimum atomic E-state index is -0.830.